The lowest BCUT2D eigenvalue weighted by molar-refractivity contribution is 0.379. The number of thioether (sulfide) groups is 1. The van der Waals surface area contributed by atoms with Crippen LogP contribution >= 0.6 is 11.8 Å². The smallest absolute Gasteiger partial charge is 0.228 e. The summed E-state index contributed by atoms with van der Waals surface area (Å²) in [5.41, 5.74) is 1.36. The van der Waals surface area contributed by atoms with Crippen LogP contribution in [0.4, 0.5) is 0 Å². The molecular formula is C14H16N4OS. The van der Waals surface area contributed by atoms with Crippen LogP contribution in [-0.4, -0.2) is 33.6 Å². The third-order valence-electron chi connectivity index (χ3n) is 3.06. The van der Waals surface area contributed by atoms with Crippen molar-refractivity contribution < 1.29 is 4.52 Å². The topological polar surface area (TPSA) is 63.3 Å². The standard InChI is InChI=1S/C14H16N4OS/c1-2-4-11(5-3-1)8-12-9-20-14(18-12)15-7-6-13-16-10-17-19-13/h1-5,10,12H,6-9H2,(H,15,18). The normalized spacial score (nSPS) is 20.2. The Morgan fingerprint density at radius 2 is 2.25 bits per heavy atom. The molecule has 0 radical (unpaired) electrons. The number of benzene rings is 1. The minimum Gasteiger partial charge on any atom is -0.361 e. The predicted octanol–water partition coefficient (Wildman–Crippen LogP) is 1.92. The molecule has 104 valence electrons. The monoisotopic (exact) mass is 288 g/mol. The predicted molar refractivity (Wildman–Crippen MR) is 79.8 cm³/mol. The Morgan fingerprint density at radius 3 is 3.05 bits per heavy atom. The van der Waals surface area contributed by atoms with E-state index in [0.717, 1.165) is 17.3 Å². The van der Waals surface area contributed by atoms with Crippen molar-refractivity contribution >= 4 is 16.9 Å². The van der Waals surface area contributed by atoms with Gasteiger partial charge >= 0.3 is 0 Å². The molecule has 1 aliphatic rings. The molecule has 2 heterocycles. The minimum absolute atomic E-state index is 0.463. The summed E-state index contributed by atoms with van der Waals surface area (Å²) < 4.78 is 4.94. The van der Waals surface area contributed by atoms with Gasteiger partial charge in [-0.3, -0.25) is 4.99 Å². The van der Waals surface area contributed by atoms with Crippen molar-refractivity contribution in [2.24, 2.45) is 4.99 Å². The van der Waals surface area contributed by atoms with E-state index in [0.29, 0.717) is 24.9 Å². The molecule has 3 rings (SSSR count). The Morgan fingerprint density at radius 1 is 1.35 bits per heavy atom. The van der Waals surface area contributed by atoms with E-state index in [1.807, 2.05) is 6.07 Å². The number of aliphatic imine (C=N–C) groups is 1. The van der Waals surface area contributed by atoms with Crippen LogP contribution < -0.4 is 5.32 Å². The summed E-state index contributed by atoms with van der Waals surface area (Å²) >= 11 is 1.78. The van der Waals surface area contributed by atoms with Gasteiger partial charge in [0, 0.05) is 18.2 Å². The highest BCUT2D eigenvalue weighted by Gasteiger charge is 2.20. The molecule has 1 aromatic heterocycles. The third kappa shape index (κ3) is 3.60. The first-order valence-electron chi connectivity index (χ1n) is 6.63. The summed E-state index contributed by atoms with van der Waals surface area (Å²) in [6.45, 7) is 0.676. The fourth-order valence-electron chi connectivity index (χ4n) is 2.10. The van der Waals surface area contributed by atoms with Crippen molar-refractivity contribution in [1.82, 2.24) is 15.5 Å². The molecule has 1 aromatic carbocycles. The first-order valence-corrected chi connectivity index (χ1v) is 7.62. The molecule has 0 bridgehead atoms. The second kappa shape index (κ2) is 6.56. The van der Waals surface area contributed by atoms with Gasteiger partial charge in [0.25, 0.3) is 0 Å². The Kier molecular flexibility index (Phi) is 4.32. The van der Waals surface area contributed by atoms with Crippen LogP contribution in [0, 0.1) is 0 Å². The zero-order chi connectivity index (χ0) is 13.6. The fraction of sp³-hybridized carbons (Fsp3) is 0.357. The van der Waals surface area contributed by atoms with Gasteiger partial charge in [0.1, 0.15) is 0 Å². The lowest BCUT2D eigenvalue weighted by Crippen LogP contribution is -2.29. The van der Waals surface area contributed by atoms with Crippen LogP contribution in [0.25, 0.3) is 0 Å². The van der Waals surface area contributed by atoms with Gasteiger partial charge in [-0.25, -0.2) is 0 Å². The number of rotatable bonds is 5. The molecule has 1 saturated heterocycles. The van der Waals surface area contributed by atoms with Gasteiger partial charge in [-0.05, 0) is 12.0 Å². The second-order valence-electron chi connectivity index (χ2n) is 4.61. The highest BCUT2D eigenvalue weighted by atomic mass is 32.2. The van der Waals surface area contributed by atoms with E-state index in [-0.39, 0.29) is 0 Å². The van der Waals surface area contributed by atoms with E-state index < -0.39 is 0 Å². The zero-order valence-electron chi connectivity index (χ0n) is 11.0. The van der Waals surface area contributed by atoms with Crippen molar-refractivity contribution in [3.8, 4) is 0 Å². The van der Waals surface area contributed by atoms with Gasteiger partial charge in [-0.2, -0.15) is 4.98 Å². The van der Waals surface area contributed by atoms with Crippen molar-refractivity contribution in [3.63, 3.8) is 0 Å². The average molecular weight is 288 g/mol. The van der Waals surface area contributed by atoms with Crippen molar-refractivity contribution in [3.05, 3.63) is 48.1 Å². The van der Waals surface area contributed by atoms with E-state index in [9.17, 15) is 0 Å². The third-order valence-corrected chi connectivity index (χ3v) is 4.15. The van der Waals surface area contributed by atoms with E-state index in [1.54, 1.807) is 11.8 Å². The Balaban J connectivity index is 1.47. The lowest BCUT2D eigenvalue weighted by Gasteiger charge is -2.09. The number of nitrogens with zero attached hydrogens (tertiary/aromatic N) is 3. The van der Waals surface area contributed by atoms with Crippen LogP contribution in [0.2, 0.25) is 0 Å². The molecule has 1 unspecified atom stereocenters. The van der Waals surface area contributed by atoms with E-state index in [1.165, 1.54) is 11.9 Å². The number of amidine groups is 1. The van der Waals surface area contributed by atoms with Crippen molar-refractivity contribution in [2.75, 3.05) is 12.3 Å². The quantitative estimate of drug-likeness (QED) is 0.910. The summed E-state index contributed by atoms with van der Waals surface area (Å²) in [7, 11) is 0. The first-order chi connectivity index (χ1) is 9.90. The molecule has 1 fully saturated rings. The SMILES string of the molecule is c1ccc(CC2CSC(=NCCc3ncno3)N2)cc1. The van der Waals surface area contributed by atoms with Crippen molar-refractivity contribution in [1.29, 1.82) is 0 Å². The van der Waals surface area contributed by atoms with Crippen LogP contribution in [0.1, 0.15) is 11.5 Å². The molecule has 6 heteroatoms. The average Bonchev–Trinajstić information content (AvgIpc) is 3.12. The molecule has 2 aromatic rings. The molecule has 0 aliphatic carbocycles. The number of hydrogen-bond acceptors (Lipinski definition) is 5. The van der Waals surface area contributed by atoms with Crippen LogP contribution in [0.15, 0.2) is 46.2 Å². The summed E-state index contributed by atoms with van der Waals surface area (Å²) in [6.07, 6.45) is 3.15. The van der Waals surface area contributed by atoms with Crippen LogP contribution in [-0.2, 0) is 12.8 Å². The molecule has 0 saturated carbocycles. The Hall–Kier alpha value is -1.82. The van der Waals surface area contributed by atoms with Gasteiger partial charge in [0.05, 0.1) is 6.54 Å². The lowest BCUT2D eigenvalue weighted by atomic mass is 10.1. The molecule has 1 N–H and O–H groups in total. The second-order valence-corrected chi connectivity index (χ2v) is 5.62. The maximum Gasteiger partial charge on any atom is 0.228 e. The number of aromatic nitrogens is 2. The van der Waals surface area contributed by atoms with Gasteiger partial charge in [-0.15, -0.1) is 0 Å². The molecule has 1 atom stereocenters. The van der Waals surface area contributed by atoms with Gasteiger partial charge in [0.15, 0.2) is 11.5 Å². The van der Waals surface area contributed by atoms with Crippen LogP contribution in [0.5, 0.6) is 0 Å². The summed E-state index contributed by atoms with van der Waals surface area (Å²) in [6, 6.07) is 11.0. The van der Waals surface area contributed by atoms with E-state index >= 15 is 0 Å². The number of hydrogen-bond donors (Lipinski definition) is 1. The highest BCUT2D eigenvalue weighted by Crippen LogP contribution is 2.17. The van der Waals surface area contributed by atoms with E-state index in [4.69, 9.17) is 4.52 Å². The van der Waals surface area contributed by atoms with E-state index in [2.05, 4.69) is 44.7 Å². The maximum atomic E-state index is 4.94. The molecule has 20 heavy (non-hydrogen) atoms. The zero-order valence-corrected chi connectivity index (χ0v) is 11.8. The summed E-state index contributed by atoms with van der Waals surface area (Å²) in [4.78, 5) is 8.51. The highest BCUT2D eigenvalue weighted by molar-refractivity contribution is 8.14. The van der Waals surface area contributed by atoms with Crippen LogP contribution in [0.3, 0.4) is 0 Å². The largest absolute Gasteiger partial charge is 0.361 e. The molecule has 1 aliphatic heterocycles. The molecule has 0 spiro atoms. The summed E-state index contributed by atoms with van der Waals surface area (Å²) in [5, 5.41) is 8.06. The first kappa shape index (κ1) is 13.2. The van der Waals surface area contributed by atoms with Gasteiger partial charge in [0.2, 0.25) is 5.89 Å². The fourth-order valence-corrected chi connectivity index (χ4v) is 3.09. The molecule has 0 amide bonds. The van der Waals surface area contributed by atoms with Gasteiger partial charge in [-0.1, -0.05) is 47.3 Å². The molecule has 5 nitrogen and oxygen atoms in total. The Labute approximate surface area is 121 Å². The van der Waals surface area contributed by atoms with Crippen molar-refractivity contribution in [2.45, 2.75) is 18.9 Å². The number of nitrogens with one attached hydrogen (secondary N) is 1. The van der Waals surface area contributed by atoms with Gasteiger partial charge < -0.3 is 9.84 Å². The summed E-state index contributed by atoms with van der Waals surface area (Å²) in [5.74, 6) is 1.70. The minimum atomic E-state index is 0.463. The molecular weight excluding hydrogens is 272 g/mol. The maximum absolute atomic E-state index is 4.94. The Bertz CT molecular complexity index is 556.